The van der Waals surface area contributed by atoms with Crippen LogP contribution < -0.4 is 0 Å². The molecule has 0 N–H and O–H groups in total. The van der Waals surface area contributed by atoms with Gasteiger partial charge in [-0.05, 0) is 37.8 Å². The van der Waals surface area contributed by atoms with Crippen LogP contribution in [0.5, 0.6) is 0 Å². The van der Waals surface area contributed by atoms with Gasteiger partial charge in [-0.3, -0.25) is 0 Å². The third-order valence-electron chi connectivity index (χ3n) is 3.76. The van der Waals surface area contributed by atoms with Crippen LogP contribution in [0, 0.1) is 0 Å². The van der Waals surface area contributed by atoms with Crippen LogP contribution in [-0.4, -0.2) is 8.42 Å². The van der Waals surface area contributed by atoms with E-state index in [0.29, 0.717) is 0 Å². The van der Waals surface area contributed by atoms with Gasteiger partial charge in [-0.25, -0.2) is 8.42 Å². The number of thiophene rings is 1. The second-order valence-corrected chi connectivity index (χ2v) is 8.91. The molecule has 1 aliphatic heterocycles. The number of benzene rings is 1. The van der Waals surface area contributed by atoms with Gasteiger partial charge in [0, 0.05) is 9.58 Å². The summed E-state index contributed by atoms with van der Waals surface area (Å²) < 4.78 is 25.2. The van der Waals surface area contributed by atoms with E-state index in [1.807, 2.05) is 39.0 Å². The smallest absolute Gasteiger partial charge is 0.167 e. The van der Waals surface area contributed by atoms with Crippen LogP contribution in [0.1, 0.15) is 36.5 Å². The maximum atomic E-state index is 12.4. The predicted molar refractivity (Wildman–Crippen MR) is 72.2 cm³/mol. The monoisotopic (exact) mass is 266 g/mol. The normalized spacial score (nSPS) is 25.0. The molecule has 1 aromatic heterocycles. The zero-order valence-electron chi connectivity index (χ0n) is 10.0. The van der Waals surface area contributed by atoms with Crippen molar-refractivity contribution >= 4 is 31.3 Å². The average molecular weight is 266 g/mol. The zero-order chi connectivity index (χ0) is 12.4. The summed E-state index contributed by atoms with van der Waals surface area (Å²) >= 11 is 1.62. The molecule has 1 aromatic carbocycles. The topological polar surface area (TPSA) is 34.1 Å². The van der Waals surface area contributed by atoms with Crippen molar-refractivity contribution in [1.82, 2.24) is 0 Å². The molecule has 0 aliphatic carbocycles. The molecule has 0 saturated carbocycles. The summed E-state index contributed by atoms with van der Waals surface area (Å²) in [6.07, 6.45) is 0. The Labute approximate surface area is 105 Å². The molecule has 1 unspecified atom stereocenters. The molecule has 1 atom stereocenters. The van der Waals surface area contributed by atoms with Gasteiger partial charge in [0.2, 0.25) is 0 Å². The maximum absolute atomic E-state index is 12.4. The molecule has 0 fully saturated rings. The molecule has 1 aliphatic rings. The summed E-state index contributed by atoms with van der Waals surface area (Å²) in [4.78, 5) is 1.02. The van der Waals surface area contributed by atoms with Crippen LogP contribution in [0.2, 0.25) is 0 Å². The largest absolute Gasteiger partial charge is 0.227 e. The molecule has 0 amide bonds. The van der Waals surface area contributed by atoms with Gasteiger partial charge in [0.15, 0.2) is 9.84 Å². The summed E-state index contributed by atoms with van der Waals surface area (Å²) in [7, 11) is -3.10. The summed E-state index contributed by atoms with van der Waals surface area (Å²) in [5.74, 6) is 0. The van der Waals surface area contributed by atoms with Crippen LogP contribution in [0.25, 0.3) is 10.1 Å². The molecule has 0 bridgehead atoms. The van der Waals surface area contributed by atoms with E-state index >= 15 is 0 Å². The van der Waals surface area contributed by atoms with E-state index in [1.54, 1.807) is 11.3 Å². The lowest BCUT2D eigenvalue weighted by molar-refractivity contribution is 0.559. The number of hydrogen-bond acceptors (Lipinski definition) is 3. The SMILES string of the molecule is CC1c2c(sc3ccccc23)C(C)(C)S1(=O)=O. The van der Waals surface area contributed by atoms with E-state index in [4.69, 9.17) is 0 Å². The van der Waals surface area contributed by atoms with Crippen molar-refractivity contribution in [2.24, 2.45) is 0 Å². The van der Waals surface area contributed by atoms with Crippen LogP contribution >= 0.6 is 11.3 Å². The summed E-state index contributed by atoms with van der Waals surface area (Å²) in [5, 5.41) is 0.720. The summed E-state index contributed by atoms with van der Waals surface area (Å²) in [5.41, 5.74) is 1.02. The van der Waals surface area contributed by atoms with Gasteiger partial charge in [-0.2, -0.15) is 0 Å². The molecule has 2 nitrogen and oxygen atoms in total. The lowest BCUT2D eigenvalue weighted by Gasteiger charge is -2.18. The standard InChI is InChI=1S/C13H14O2S2/c1-8-11-9-6-4-5-7-10(9)16-12(11)13(2,3)17(8,14)15/h4-8H,1-3H3. The Balaban J connectivity index is 2.48. The highest BCUT2D eigenvalue weighted by Crippen LogP contribution is 2.54. The first-order valence-electron chi connectivity index (χ1n) is 5.62. The lowest BCUT2D eigenvalue weighted by Crippen LogP contribution is -2.24. The zero-order valence-corrected chi connectivity index (χ0v) is 11.7. The van der Waals surface area contributed by atoms with E-state index < -0.39 is 14.6 Å². The minimum atomic E-state index is -3.10. The highest BCUT2D eigenvalue weighted by molar-refractivity contribution is 7.93. The molecule has 2 aromatic rings. The fourth-order valence-corrected chi connectivity index (χ4v) is 6.29. The quantitative estimate of drug-likeness (QED) is 0.729. The first kappa shape index (κ1) is 11.2. The molecule has 0 radical (unpaired) electrons. The molecule has 0 saturated heterocycles. The average Bonchev–Trinajstić information content (AvgIpc) is 2.71. The number of fused-ring (bicyclic) bond motifs is 3. The summed E-state index contributed by atoms with van der Waals surface area (Å²) in [6.45, 7) is 5.45. The highest BCUT2D eigenvalue weighted by Gasteiger charge is 2.51. The Kier molecular flexibility index (Phi) is 2.06. The van der Waals surface area contributed by atoms with E-state index in [9.17, 15) is 8.42 Å². The lowest BCUT2D eigenvalue weighted by atomic mass is 10.0. The Morgan fingerprint density at radius 3 is 2.59 bits per heavy atom. The second-order valence-electron chi connectivity index (χ2n) is 5.04. The maximum Gasteiger partial charge on any atom is 0.167 e. The Morgan fingerprint density at radius 2 is 1.88 bits per heavy atom. The Morgan fingerprint density at radius 1 is 1.24 bits per heavy atom. The van der Waals surface area contributed by atoms with E-state index in [0.717, 1.165) is 15.8 Å². The van der Waals surface area contributed by atoms with Crippen molar-refractivity contribution in [3.63, 3.8) is 0 Å². The van der Waals surface area contributed by atoms with Crippen molar-refractivity contribution < 1.29 is 8.42 Å². The second kappa shape index (κ2) is 3.12. The highest BCUT2D eigenvalue weighted by atomic mass is 32.2. The van der Waals surface area contributed by atoms with Gasteiger partial charge in [-0.15, -0.1) is 11.3 Å². The van der Waals surface area contributed by atoms with Gasteiger partial charge in [-0.1, -0.05) is 18.2 Å². The van der Waals surface area contributed by atoms with E-state index in [2.05, 4.69) is 6.07 Å². The molecular weight excluding hydrogens is 252 g/mol. The fraction of sp³-hybridized carbons (Fsp3) is 0.385. The van der Waals surface area contributed by atoms with Gasteiger partial charge in [0.05, 0.1) is 5.25 Å². The van der Waals surface area contributed by atoms with Crippen molar-refractivity contribution in [3.8, 4) is 0 Å². The molecule has 3 rings (SSSR count). The number of hydrogen-bond donors (Lipinski definition) is 0. The Bertz CT molecular complexity index is 708. The molecule has 17 heavy (non-hydrogen) atoms. The summed E-state index contributed by atoms with van der Waals surface area (Å²) in [6, 6.07) is 8.06. The molecule has 2 heterocycles. The molecule has 0 spiro atoms. The van der Waals surface area contributed by atoms with Gasteiger partial charge in [0.25, 0.3) is 0 Å². The van der Waals surface area contributed by atoms with Crippen molar-refractivity contribution in [3.05, 3.63) is 34.7 Å². The molecule has 90 valence electrons. The van der Waals surface area contributed by atoms with Gasteiger partial charge in [0.1, 0.15) is 4.75 Å². The van der Waals surface area contributed by atoms with Gasteiger partial charge >= 0.3 is 0 Å². The van der Waals surface area contributed by atoms with Crippen molar-refractivity contribution in [2.45, 2.75) is 30.8 Å². The van der Waals surface area contributed by atoms with Crippen LogP contribution in [0.15, 0.2) is 24.3 Å². The van der Waals surface area contributed by atoms with E-state index in [1.165, 1.54) is 4.70 Å². The van der Waals surface area contributed by atoms with Crippen LogP contribution in [0.3, 0.4) is 0 Å². The van der Waals surface area contributed by atoms with Crippen LogP contribution in [-0.2, 0) is 14.6 Å². The molecular formula is C13H14O2S2. The number of rotatable bonds is 0. The fourth-order valence-electron chi connectivity index (χ4n) is 2.64. The first-order valence-corrected chi connectivity index (χ1v) is 7.99. The minimum Gasteiger partial charge on any atom is -0.227 e. The van der Waals surface area contributed by atoms with E-state index in [-0.39, 0.29) is 5.25 Å². The first-order chi connectivity index (χ1) is 7.87. The van der Waals surface area contributed by atoms with Crippen molar-refractivity contribution in [1.29, 1.82) is 0 Å². The van der Waals surface area contributed by atoms with Crippen molar-refractivity contribution in [2.75, 3.05) is 0 Å². The van der Waals surface area contributed by atoms with Gasteiger partial charge < -0.3 is 0 Å². The van der Waals surface area contributed by atoms with Crippen LogP contribution in [0.4, 0.5) is 0 Å². The number of sulfone groups is 1. The third kappa shape index (κ3) is 1.17. The Hall–Kier alpha value is -0.870. The third-order valence-corrected chi connectivity index (χ3v) is 8.20. The predicted octanol–water partition coefficient (Wildman–Crippen LogP) is 3.63. The minimum absolute atomic E-state index is 0.386. The molecule has 4 heteroatoms.